The van der Waals surface area contributed by atoms with Crippen molar-refractivity contribution in [1.29, 1.82) is 0 Å². The summed E-state index contributed by atoms with van der Waals surface area (Å²) < 4.78 is 5.47. The average Bonchev–Trinajstić information content (AvgIpc) is 2.48. The first-order chi connectivity index (χ1) is 9.70. The third kappa shape index (κ3) is 4.22. The molecule has 1 N–H and O–H groups in total. The van der Waals surface area contributed by atoms with Crippen molar-refractivity contribution in [1.82, 2.24) is 10.2 Å². The van der Waals surface area contributed by atoms with Crippen molar-refractivity contribution in [3.63, 3.8) is 0 Å². The second kappa shape index (κ2) is 7.65. The van der Waals surface area contributed by atoms with Crippen molar-refractivity contribution >= 4 is 0 Å². The first-order valence-corrected chi connectivity index (χ1v) is 7.81. The molecule has 1 aliphatic rings. The van der Waals surface area contributed by atoms with E-state index in [-0.39, 0.29) is 0 Å². The fourth-order valence-electron chi connectivity index (χ4n) is 2.92. The number of benzene rings is 1. The van der Waals surface area contributed by atoms with E-state index in [4.69, 9.17) is 4.74 Å². The van der Waals surface area contributed by atoms with Crippen molar-refractivity contribution in [2.45, 2.75) is 39.2 Å². The van der Waals surface area contributed by atoms with Gasteiger partial charge >= 0.3 is 0 Å². The lowest BCUT2D eigenvalue weighted by Gasteiger charge is -2.27. The van der Waals surface area contributed by atoms with Gasteiger partial charge in [-0.3, -0.25) is 0 Å². The molecule has 20 heavy (non-hydrogen) atoms. The maximum atomic E-state index is 5.47. The van der Waals surface area contributed by atoms with E-state index in [0.717, 1.165) is 18.8 Å². The van der Waals surface area contributed by atoms with Crippen LogP contribution in [0.4, 0.5) is 0 Å². The van der Waals surface area contributed by atoms with Gasteiger partial charge in [0.05, 0.1) is 7.11 Å². The maximum Gasteiger partial charge on any atom is 0.123 e. The van der Waals surface area contributed by atoms with Crippen LogP contribution in [0.5, 0.6) is 5.75 Å². The summed E-state index contributed by atoms with van der Waals surface area (Å²) in [6.07, 6.45) is 4.13. The number of ether oxygens (including phenoxy) is 1. The van der Waals surface area contributed by atoms with Crippen molar-refractivity contribution in [2.75, 3.05) is 33.3 Å². The highest BCUT2D eigenvalue weighted by Crippen LogP contribution is 2.25. The van der Waals surface area contributed by atoms with Gasteiger partial charge in [0.15, 0.2) is 0 Å². The quantitative estimate of drug-likeness (QED) is 0.864. The highest BCUT2D eigenvalue weighted by molar-refractivity contribution is 5.38. The van der Waals surface area contributed by atoms with Crippen LogP contribution in [-0.4, -0.2) is 38.2 Å². The minimum absolute atomic E-state index is 0.328. The molecule has 3 nitrogen and oxygen atoms in total. The molecule has 0 bridgehead atoms. The highest BCUT2D eigenvalue weighted by Gasteiger charge is 2.13. The molecule has 1 fully saturated rings. The fourth-order valence-corrected chi connectivity index (χ4v) is 2.92. The lowest BCUT2D eigenvalue weighted by molar-refractivity contribution is 0.226. The summed E-state index contributed by atoms with van der Waals surface area (Å²) in [6, 6.07) is 6.71. The molecule has 0 aromatic heterocycles. The number of aryl methyl sites for hydroxylation is 1. The largest absolute Gasteiger partial charge is 0.496 e. The number of methoxy groups -OCH3 is 1. The van der Waals surface area contributed by atoms with Gasteiger partial charge in [-0.2, -0.15) is 0 Å². The molecular weight excluding hydrogens is 248 g/mol. The summed E-state index contributed by atoms with van der Waals surface area (Å²) in [5.74, 6) is 0.980. The summed E-state index contributed by atoms with van der Waals surface area (Å²) >= 11 is 0. The Morgan fingerprint density at radius 1 is 1.25 bits per heavy atom. The van der Waals surface area contributed by atoms with E-state index >= 15 is 0 Å². The Hall–Kier alpha value is -1.06. The highest BCUT2D eigenvalue weighted by atomic mass is 16.5. The summed E-state index contributed by atoms with van der Waals surface area (Å²) in [5, 5.41) is 3.63. The Bertz CT molecular complexity index is 413. The molecule has 1 heterocycles. The van der Waals surface area contributed by atoms with Crippen molar-refractivity contribution in [3.05, 3.63) is 29.3 Å². The molecule has 0 aliphatic carbocycles. The van der Waals surface area contributed by atoms with Crippen LogP contribution in [0.1, 0.15) is 43.4 Å². The number of rotatable bonds is 6. The Kier molecular flexibility index (Phi) is 5.86. The van der Waals surface area contributed by atoms with Gasteiger partial charge in [0.25, 0.3) is 0 Å². The van der Waals surface area contributed by atoms with E-state index < -0.39 is 0 Å². The number of hydrogen-bond acceptors (Lipinski definition) is 3. The molecule has 2 rings (SSSR count). The van der Waals surface area contributed by atoms with E-state index in [2.05, 4.69) is 42.3 Å². The van der Waals surface area contributed by atoms with Crippen molar-refractivity contribution in [3.8, 4) is 5.75 Å². The number of nitrogens with one attached hydrogen (secondary N) is 1. The number of hydrogen-bond donors (Lipinski definition) is 1. The summed E-state index contributed by atoms with van der Waals surface area (Å²) in [7, 11) is 1.74. The molecule has 0 spiro atoms. The normalized spacial score (nSPS) is 17.9. The van der Waals surface area contributed by atoms with Gasteiger partial charge in [0.2, 0.25) is 0 Å². The van der Waals surface area contributed by atoms with E-state index in [0.29, 0.717) is 6.04 Å². The molecule has 1 saturated heterocycles. The molecule has 0 radical (unpaired) electrons. The fraction of sp³-hybridized carbons (Fsp3) is 0.647. The molecule has 1 aliphatic heterocycles. The first kappa shape index (κ1) is 15.3. The summed E-state index contributed by atoms with van der Waals surface area (Å²) in [4.78, 5) is 2.57. The minimum atomic E-state index is 0.328. The molecule has 1 aromatic rings. The molecular formula is C17H28N2O. The number of likely N-dealkylation sites (tertiary alicyclic amines) is 1. The predicted molar refractivity (Wildman–Crippen MR) is 84.4 cm³/mol. The molecule has 3 heteroatoms. The number of nitrogens with zero attached hydrogens (tertiary/aromatic N) is 1. The zero-order chi connectivity index (χ0) is 14.4. The Labute approximate surface area is 123 Å². The SMILES string of the molecule is COc1ccc(C)cc1C(C)NCCN1CCCCC1. The zero-order valence-electron chi connectivity index (χ0n) is 13.1. The zero-order valence-corrected chi connectivity index (χ0v) is 13.1. The van der Waals surface area contributed by atoms with Crippen LogP contribution in [0.2, 0.25) is 0 Å². The summed E-state index contributed by atoms with van der Waals surface area (Å²) in [6.45, 7) is 9.07. The molecule has 112 valence electrons. The smallest absolute Gasteiger partial charge is 0.123 e. The molecule has 0 saturated carbocycles. The van der Waals surface area contributed by atoms with Gasteiger partial charge in [0.1, 0.15) is 5.75 Å². The van der Waals surface area contributed by atoms with Gasteiger partial charge in [-0.1, -0.05) is 24.1 Å². The van der Waals surface area contributed by atoms with E-state index in [1.165, 1.54) is 43.5 Å². The Balaban J connectivity index is 1.84. The molecule has 1 unspecified atom stereocenters. The third-order valence-electron chi connectivity index (χ3n) is 4.18. The first-order valence-electron chi connectivity index (χ1n) is 7.81. The van der Waals surface area contributed by atoms with E-state index in [1.807, 2.05) is 0 Å². The average molecular weight is 276 g/mol. The Morgan fingerprint density at radius 3 is 2.70 bits per heavy atom. The van der Waals surface area contributed by atoms with Gasteiger partial charge < -0.3 is 15.0 Å². The van der Waals surface area contributed by atoms with E-state index in [1.54, 1.807) is 7.11 Å². The second-order valence-corrected chi connectivity index (χ2v) is 5.82. The van der Waals surface area contributed by atoms with Gasteiger partial charge in [-0.05, 0) is 45.8 Å². The summed E-state index contributed by atoms with van der Waals surface area (Å²) in [5.41, 5.74) is 2.54. The van der Waals surface area contributed by atoms with Gasteiger partial charge in [-0.15, -0.1) is 0 Å². The monoisotopic (exact) mass is 276 g/mol. The van der Waals surface area contributed by atoms with Crippen LogP contribution in [0, 0.1) is 6.92 Å². The van der Waals surface area contributed by atoms with E-state index in [9.17, 15) is 0 Å². The van der Waals surface area contributed by atoms with Crippen LogP contribution in [-0.2, 0) is 0 Å². The minimum Gasteiger partial charge on any atom is -0.496 e. The van der Waals surface area contributed by atoms with Crippen LogP contribution in [0.15, 0.2) is 18.2 Å². The predicted octanol–water partition coefficient (Wildman–Crippen LogP) is 3.14. The second-order valence-electron chi connectivity index (χ2n) is 5.82. The molecule has 0 amide bonds. The third-order valence-corrected chi connectivity index (χ3v) is 4.18. The Morgan fingerprint density at radius 2 is 2.00 bits per heavy atom. The standard InChI is InChI=1S/C17H28N2O/c1-14-7-8-17(20-3)16(13-14)15(2)18-9-12-19-10-5-4-6-11-19/h7-8,13,15,18H,4-6,9-12H2,1-3H3. The van der Waals surface area contributed by atoms with Gasteiger partial charge in [-0.25, -0.2) is 0 Å². The number of piperidine rings is 1. The maximum absolute atomic E-state index is 5.47. The van der Waals surface area contributed by atoms with Crippen molar-refractivity contribution < 1.29 is 4.74 Å². The van der Waals surface area contributed by atoms with Crippen LogP contribution >= 0.6 is 0 Å². The molecule has 1 atom stereocenters. The van der Waals surface area contributed by atoms with Crippen LogP contribution in [0.25, 0.3) is 0 Å². The van der Waals surface area contributed by atoms with Crippen LogP contribution in [0.3, 0.4) is 0 Å². The van der Waals surface area contributed by atoms with Crippen molar-refractivity contribution in [2.24, 2.45) is 0 Å². The lowest BCUT2D eigenvalue weighted by Crippen LogP contribution is -2.36. The van der Waals surface area contributed by atoms with Crippen LogP contribution < -0.4 is 10.1 Å². The topological polar surface area (TPSA) is 24.5 Å². The van der Waals surface area contributed by atoms with Gasteiger partial charge in [0, 0.05) is 24.7 Å². The molecule has 1 aromatic carbocycles. The lowest BCUT2D eigenvalue weighted by atomic mass is 10.0.